The first-order valence-corrected chi connectivity index (χ1v) is 12.1. The van der Waals surface area contributed by atoms with Crippen LogP contribution in [-0.4, -0.2) is 58.4 Å². The Labute approximate surface area is 197 Å². The van der Waals surface area contributed by atoms with Crippen LogP contribution in [0.5, 0.6) is 0 Å². The van der Waals surface area contributed by atoms with Gasteiger partial charge in [-0.3, -0.25) is 9.69 Å². The smallest absolute Gasteiger partial charge is 0.293 e. The summed E-state index contributed by atoms with van der Waals surface area (Å²) in [6.07, 6.45) is 4.48. The van der Waals surface area contributed by atoms with Crippen molar-refractivity contribution in [3.63, 3.8) is 0 Å². The van der Waals surface area contributed by atoms with Crippen LogP contribution in [0.2, 0.25) is 0 Å². The van der Waals surface area contributed by atoms with Crippen LogP contribution >= 0.6 is 15.9 Å². The molecule has 32 heavy (non-hydrogen) atoms. The van der Waals surface area contributed by atoms with Crippen molar-refractivity contribution >= 4 is 38.8 Å². The monoisotopic (exact) mass is 504 g/mol. The molecule has 174 valence electrons. The quantitative estimate of drug-likeness (QED) is 0.617. The largest absolute Gasteiger partial charge is 0.397 e. The van der Waals surface area contributed by atoms with Crippen LogP contribution in [0, 0.1) is 0 Å². The Hall–Kier alpha value is -2.10. The van der Waals surface area contributed by atoms with Gasteiger partial charge in [0.1, 0.15) is 4.60 Å². The minimum Gasteiger partial charge on any atom is -0.397 e. The van der Waals surface area contributed by atoms with Gasteiger partial charge < -0.3 is 25.3 Å². The first-order chi connectivity index (χ1) is 15.2. The van der Waals surface area contributed by atoms with Crippen molar-refractivity contribution in [2.24, 2.45) is 7.05 Å². The molecule has 3 heterocycles. The van der Waals surface area contributed by atoms with Gasteiger partial charge in [0.25, 0.3) is 5.56 Å². The van der Waals surface area contributed by atoms with Crippen molar-refractivity contribution in [1.29, 1.82) is 0 Å². The summed E-state index contributed by atoms with van der Waals surface area (Å²) in [5.74, 6) is 0.260. The summed E-state index contributed by atoms with van der Waals surface area (Å²) in [4.78, 5) is 21.6. The zero-order chi connectivity index (χ0) is 23.0. The fraction of sp³-hybridized carbons (Fsp3) is 0.565. The molecular formula is C23H33BrN6O2. The third-order valence-corrected chi connectivity index (χ3v) is 6.87. The van der Waals surface area contributed by atoms with E-state index in [1.807, 2.05) is 18.2 Å². The summed E-state index contributed by atoms with van der Waals surface area (Å²) >= 11 is 3.33. The predicted molar refractivity (Wildman–Crippen MR) is 133 cm³/mol. The molecule has 9 heteroatoms. The lowest BCUT2D eigenvalue weighted by atomic mass is 9.96. The highest BCUT2D eigenvalue weighted by Gasteiger charge is 2.33. The van der Waals surface area contributed by atoms with Gasteiger partial charge in [0.05, 0.1) is 23.6 Å². The number of hydrogen-bond acceptors (Lipinski definition) is 7. The highest BCUT2D eigenvalue weighted by molar-refractivity contribution is 9.10. The number of nitrogen functional groups attached to an aromatic ring is 1. The zero-order valence-corrected chi connectivity index (χ0v) is 20.8. The lowest BCUT2D eigenvalue weighted by Gasteiger charge is -2.47. The molecule has 0 bridgehead atoms. The zero-order valence-electron chi connectivity index (χ0n) is 19.2. The lowest BCUT2D eigenvalue weighted by molar-refractivity contribution is -0.0673. The maximum atomic E-state index is 12.3. The molecule has 2 aromatic rings. The van der Waals surface area contributed by atoms with E-state index in [1.54, 1.807) is 13.2 Å². The number of piperazine rings is 1. The Bertz CT molecular complexity index is 1020. The molecule has 1 aromatic carbocycles. The first-order valence-electron chi connectivity index (χ1n) is 11.3. The Morgan fingerprint density at radius 3 is 2.56 bits per heavy atom. The van der Waals surface area contributed by atoms with Gasteiger partial charge in [-0.25, -0.2) is 4.98 Å². The van der Waals surface area contributed by atoms with Gasteiger partial charge in [0.15, 0.2) is 5.82 Å². The van der Waals surface area contributed by atoms with Crippen molar-refractivity contribution in [3.05, 3.63) is 39.4 Å². The molecule has 2 aliphatic heterocycles. The lowest BCUT2D eigenvalue weighted by Crippen LogP contribution is -2.57. The number of rotatable bonds is 4. The van der Waals surface area contributed by atoms with Gasteiger partial charge in [-0.05, 0) is 67.7 Å². The second kappa shape index (κ2) is 9.41. The van der Waals surface area contributed by atoms with Crippen LogP contribution in [0.15, 0.2) is 33.8 Å². The van der Waals surface area contributed by atoms with E-state index in [9.17, 15) is 4.79 Å². The summed E-state index contributed by atoms with van der Waals surface area (Å²) < 4.78 is 8.00. The molecular weight excluding hydrogens is 472 g/mol. The first kappa shape index (κ1) is 23.1. The number of aromatic nitrogens is 2. The number of halogens is 1. The molecule has 1 aromatic heterocycles. The number of benzene rings is 1. The standard InChI is InChI=1S/C23H33BrN6O2/c1-14-12-29(18-9-15(2)32-16(3)10-18)7-8-30(14)20-6-5-17(11-19(20)25)26-22-23(31)28(4)13-21(24)27-22/h5-6,11,13-16,18H,7-10,12,25H2,1-4H3,(H,26,27)/t14-,15-,16+,18+/m0/s1. The molecule has 4 rings (SSSR count). The van der Waals surface area contributed by atoms with E-state index in [0.717, 1.165) is 43.9 Å². The molecule has 0 spiro atoms. The van der Waals surface area contributed by atoms with Gasteiger partial charge in [0.2, 0.25) is 0 Å². The number of nitrogens with zero attached hydrogens (tertiary/aromatic N) is 4. The maximum Gasteiger partial charge on any atom is 0.293 e. The molecule has 2 aliphatic rings. The Kier molecular flexibility index (Phi) is 6.78. The average molecular weight is 505 g/mol. The molecule has 0 aliphatic carbocycles. The predicted octanol–water partition coefficient (Wildman–Crippen LogP) is 3.34. The van der Waals surface area contributed by atoms with Crippen molar-refractivity contribution in [1.82, 2.24) is 14.5 Å². The third-order valence-electron chi connectivity index (χ3n) is 6.49. The van der Waals surface area contributed by atoms with Crippen molar-refractivity contribution < 1.29 is 4.74 Å². The molecule has 0 amide bonds. The number of anilines is 4. The fourth-order valence-corrected chi connectivity index (χ4v) is 5.51. The van der Waals surface area contributed by atoms with Crippen LogP contribution in [0.1, 0.15) is 33.6 Å². The second-order valence-electron chi connectivity index (χ2n) is 9.15. The molecule has 2 fully saturated rings. The van der Waals surface area contributed by atoms with Crippen LogP contribution in [0.3, 0.4) is 0 Å². The summed E-state index contributed by atoms with van der Waals surface area (Å²) in [6, 6.07) is 6.80. The van der Waals surface area contributed by atoms with E-state index in [-0.39, 0.29) is 11.4 Å². The van der Waals surface area contributed by atoms with E-state index in [0.29, 0.717) is 34.6 Å². The van der Waals surface area contributed by atoms with Gasteiger partial charge in [-0.2, -0.15) is 0 Å². The Morgan fingerprint density at radius 2 is 1.91 bits per heavy atom. The van der Waals surface area contributed by atoms with Gasteiger partial charge >= 0.3 is 0 Å². The minimum atomic E-state index is -0.197. The molecule has 0 radical (unpaired) electrons. The SMILES string of the molecule is C[C@@H]1C[C@H](N2CCN(c3ccc(Nc4nc(Br)cn(C)c4=O)cc3N)[C@@H](C)C2)C[C@H](C)O1. The van der Waals surface area contributed by atoms with Crippen molar-refractivity contribution in [2.75, 3.05) is 35.6 Å². The summed E-state index contributed by atoms with van der Waals surface area (Å²) in [7, 11) is 1.69. The molecule has 0 unspecified atom stereocenters. The molecule has 8 nitrogen and oxygen atoms in total. The van der Waals surface area contributed by atoms with E-state index in [4.69, 9.17) is 10.5 Å². The number of ether oxygens (including phenoxy) is 1. The normalized spacial score (nSPS) is 26.8. The van der Waals surface area contributed by atoms with Crippen molar-refractivity contribution in [2.45, 2.75) is 57.9 Å². The van der Waals surface area contributed by atoms with Gasteiger partial charge in [-0.1, -0.05) is 0 Å². The van der Waals surface area contributed by atoms with Crippen molar-refractivity contribution in [3.8, 4) is 0 Å². The van der Waals surface area contributed by atoms with Crippen LogP contribution < -0.4 is 21.5 Å². The van der Waals surface area contributed by atoms with E-state index < -0.39 is 0 Å². The Morgan fingerprint density at radius 1 is 1.19 bits per heavy atom. The van der Waals surface area contributed by atoms with Gasteiger partial charge in [0, 0.05) is 50.6 Å². The minimum absolute atomic E-state index is 0.197. The summed E-state index contributed by atoms with van der Waals surface area (Å²) in [6.45, 7) is 9.59. The maximum absolute atomic E-state index is 12.3. The summed E-state index contributed by atoms with van der Waals surface area (Å²) in [5.41, 5.74) is 8.72. The number of nitrogens with one attached hydrogen (secondary N) is 1. The highest BCUT2D eigenvalue weighted by Crippen LogP contribution is 2.32. The van der Waals surface area contributed by atoms with Crippen LogP contribution in [0.4, 0.5) is 22.9 Å². The molecule has 3 N–H and O–H groups in total. The number of nitrogens with two attached hydrogens (primary N) is 1. The van der Waals surface area contributed by atoms with Crippen LogP contribution in [-0.2, 0) is 11.8 Å². The summed E-state index contributed by atoms with van der Waals surface area (Å²) in [5, 5.41) is 3.10. The van der Waals surface area contributed by atoms with E-state index >= 15 is 0 Å². The average Bonchev–Trinajstić information content (AvgIpc) is 2.71. The topological polar surface area (TPSA) is 88.7 Å². The number of hydrogen-bond donors (Lipinski definition) is 2. The van der Waals surface area contributed by atoms with Gasteiger partial charge in [-0.15, -0.1) is 0 Å². The van der Waals surface area contributed by atoms with Crippen LogP contribution in [0.25, 0.3) is 0 Å². The Balaban J connectivity index is 1.45. The molecule has 0 saturated carbocycles. The second-order valence-corrected chi connectivity index (χ2v) is 9.96. The third kappa shape index (κ3) is 4.94. The fourth-order valence-electron chi connectivity index (χ4n) is 5.02. The highest BCUT2D eigenvalue weighted by atomic mass is 79.9. The van der Waals surface area contributed by atoms with E-state index in [2.05, 4.69) is 56.8 Å². The molecule has 2 saturated heterocycles. The number of aryl methyl sites for hydroxylation is 1. The van der Waals surface area contributed by atoms with E-state index in [1.165, 1.54) is 4.57 Å². The molecule has 4 atom stereocenters.